The minimum atomic E-state index is -0.434. The fourth-order valence-corrected chi connectivity index (χ4v) is 3.69. The average molecular weight is 359 g/mol. The molecule has 4 heteroatoms. The van der Waals surface area contributed by atoms with Crippen LogP contribution in [0.15, 0.2) is 54.6 Å². The maximum Gasteiger partial charge on any atom is 0.339 e. The first-order valence-corrected chi connectivity index (χ1v) is 9.40. The average Bonchev–Trinajstić information content (AvgIpc) is 2.95. The van der Waals surface area contributed by atoms with Gasteiger partial charge in [-0.1, -0.05) is 55.0 Å². The first-order chi connectivity index (χ1) is 13.2. The fourth-order valence-electron chi connectivity index (χ4n) is 3.69. The molecule has 0 spiro atoms. The molecule has 136 valence electrons. The molecule has 27 heavy (non-hydrogen) atoms. The Morgan fingerprint density at radius 3 is 2.48 bits per heavy atom. The highest BCUT2D eigenvalue weighted by atomic mass is 16.5. The monoisotopic (exact) mass is 359 g/mol. The van der Waals surface area contributed by atoms with Crippen molar-refractivity contribution in [1.82, 2.24) is 4.98 Å². The summed E-state index contributed by atoms with van der Waals surface area (Å²) in [5, 5.41) is 0.801. The van der Waals surface area contributed by atoms with Gasteiger partial charge in [-0.15, -0.1) is 0 Å². The molecule has 1 aliphatic rings. The molecule has 0 N–H and O–H groups in total. The van der Waals surface area contributed by atoms with Crippen molar-refractivity contribution < 1.29 is 14.3 Å². The van der Waals surface area contributed by atoms with E-state index in [2.05, 4.69) is 0 Å². The van der Waals surface area contributed by atoms with Gasteiger partial charge in [-0.3, -0.25) is 9.78 Å². The number of hydrogen-bond donors (Lipinski definition) is 0. The molecular formula is C23H21NO3. The molecule has 0 atom stereocenters. The minimum absolute atomic E-state index is 0.201. The van der Waals surface area contributed by atoms with Crippen LogP contribution in [0.3, 0.4) is 0 Å². The zero-order valence-electron chi connectivity index (χ0n) is 15.1. The Kier molecular flexibility index (Phi) is 4.97. The van der Waals surface area contributed by atoms with Gasteiger partial charge in [0.15, 0.2) is 12.4 Å². The Bertz CT molecular complexity index is 995. The van der Waals surface area contributed by atoms with Gasteiger partial charge in [0.25, 0.3) is 0 Å². The van der Waals surface area contributed by atoms with Gasteiger partial charge < -0.3 is 4.74 Å². The van der Waals surface area contributed by atoms with E-state index in [1.807, 2.05) is 30.3 Å². The first-order valence-electron chi connectivity index (χ1n) is 9.40. The summed E-state index contributed by atoms with van der Waals surface area (Å²) in [6, 6.07) is 16.5. The van der Waals surface area contributed by atoms with Gasteiger partial charge in [-0.2, -0.15) is 0 Å². The number of benzene rings is 2. The van der Waals surface area contributed by atoms with E-state index in [0.29, 0.717) is 11.1 Å². The molecule has 0 saturated heterocycles. The number of carbonyl (C=O) groups excluding carboxylic acids is 2. The van der Waals surface area contributed by atoms with Crippen molar-refractivity contribution in [2.24, 2.45) is 0 Å². The first kappa shape index (κ1) is 17.4. The summed E-state index contributed by atoms with van der Waals surface area (Å²) in [7, 11) is 0. The summed E-state index contributed by atoms with van der Waals surface area (Å²) in [5.74, 6) is -0.635. The number of aromatic nitrogens is 1. The number of esters is 1. The third-order valence-electron chi connectivity index (χ3n) is 5.05. The van der Waals surface area contributed by atoms with Crippen LogP contribution in [0.5, 0.6) is 0 Å². The van der Waals surface area contributed by atoms with E-state index in [0.717, 1.165) is 54.3 Å². The lowest BCUT2D eigenvalue weighted by Gasteiger charge is -2.14. The number of ether oxygens (including phenoxy) is 1. The van der Waals surface area contributed by atoms with E-state index >= 15 is 0 Å². The fraction of sp³-hybridized carbons (Fsp3) is 0.261. The second-order valence-electron chi connectivity index (χ2n) is 6.86. The Morgan fingerprint density at radius 1 is 0.889 bits per heavy atom. The van der Waals surface area contributed by atoms with Crippen LogP contribution in [0, 0.1) is 0 Å². The van der Waals surface area contributed by atoms with Crippen LogP contribution >= 0.6 is 0 Å². The van der Waals surface area contributed by atoms with Crippen LogP contribution in [0.4, 0.5) is 0 Å². The number of fused-ring (bicyclic) bond motifs is 2. The van der Waals surface area contributed by atoms with Crippen molar-refractivity contribution in [3.05, 3.63) is 77.0 Å². The molecule has 4 rings (SSSR count). The Balaban J connectivity index is 1.66. The molecule has 0 bridgehead atoms. The van der Waals surface area contributed by atoms with Crippen molar-refractivity contribution in [1.29, 1.82) is 0 Å². The van der Waals surface area contributed by atoms with E-state index in [1.165, 1.54) is 0 Å². The summed E-state index contributed by atoms with van der Waals surface area (Å²) >= 11 is 0. The molecule has 3 aromatic rings. The van der Waals surface area contributed by atoms with Crippen LogP contribution in [0.25, 0.3) is 10.9 Å². The van der Waals surface area contributed by atoms with Crippen LogP contribution in [-0.2, 0) is 17.6 Å². The Morgan fingerprint density at radius 2 is 1.63 bits per heavy atom. The second-order valence-corrected chi connectivity index (χ2v) is 6.86. The zero-order chi connectivity index (χ0) is 18.6. The summed E-state index contributed by atoms with van der Waals surface area (Å²) in [4.78, 5) is 30.1. The third-order valence-corrected chi connectivity index (χ3v) is 5.05. The lowest BCUT2D eigenvalue weighted by molar-refractivity contribution is 0.0475. The topological polar surface area (TPSA) is 56.3 Å². The van der Waals surface area contributed by atoms with Gasteiger partial charge in [-0.25, -0.2) is 4.79 Å². The molecule has 0 saturated carbocycles. The van der Waals surface area contributed by atoms with E-state index in [-0.39, 0.29) is 12.4 Å². The standard InChI is InChI=1S/C23H21NO3/c25-21(16-9-3-1-4-10-16)15-27-23(26)22-17-11-5-2-6-13-19(17)24-20-14-8-7-12-18(20)22/h1,3-4,7-10,12,14H,2,5-6,11,13,15H2. The molecule has 0 aliphatic heterocycles. The molecule has 0 radical (unpaired) electrons. The number of pyridine rings is 1. The lowest BCUT2D eigenvalue weighted by atomic mass is 9.97. The quantitative estimate of drug-likeness (QED) is 0.390. The smallest absolute Gasteiger partial charge is 0.339 e. The van der Waals surface area contributed by atoms with Gasteiger partial charge >= 0.3 is 5.97 Å². The molecule has 0 unspecified atom stereocenters. The Hall–Kier alpha value is -3.01. The number of aryl methyl sites for hydroxylation is 1. The van der Waals surface area contributed by atoms with Crippen molar-refractivity contribution in [2.75, 3.05) is 6.61 Å². The number of hydrogen-bond acceptors (Lipinski definition) is 4. The van der Waals surface area contributed by atoms with Crippen LogP contribution in [-0.4, -0.2) is 23.3 Å². The highest BCUT2D eigenvalue weighted by Crippen LogP contribution is 2.29. The maximum absolute atomic E-state index is 13.0. The van der Waals surface area contributed by atoms with Gasteiger partial charge in [0.05, 0.1) is 11.1 Å². The largest absolute Gasteiger partial charge is 0.454 e. The molecule has 2 aromatic carbocycles. The van der Waals surface area contributed by atoms with Crippen LogP contribution in [0.2, 0.25) is 0 Å². The zero-order valence-corrected chi connectivity index (χ0v) is 15.1. The SMILES string of the molecule is O=C(COC(=O)c1c2c(nc3ccccc13)CCCCC2)c1ccccc1. The molecule has 4 nitrogen and oxygen atoms in total. The summed E-state index contributed by atoms with van der Waals surface area (Å²) < 4.78 is 5.44. The molecule has 1 heterocycles. The van der Waals surface area contributed by atoms with Gasteiger partial charge in [-0.05, 0) is 37.3 Å². The number of nitrogens with zero attached hydrogens (tertiary/aromatic N) is 1. The number of rotatable bonds is 4. The van der Waals surface area contributed by atoms with E-state index in [4.69, 9.17) is 9.72 Å². The molecule has 0 fully saturated rings. The van der Waals surface area contributed by atoms with Crippen molar-refractivity contribution >= 4 is 22.7 Å². The third kappa shape index (κ3) is 3.61. The van der Waals surface area contributed by atoms with Crippen molar-refractivity contribution in [2.45, 2.75) is 32.1 Å². The highest BCUT2D eigenvalue weighted by Gasteiger charge is 2.23. The van der Waals surface area contributed by atoms with Gasteiger partial charge in [0.2, 0.25) is 0 Å². The minimum Gasteiger partial charge on any atom is -0.454 e. The highest BCUT2D eigenvalue weighted by molar-refractivity contribution is 6.06. The molecule has 0 amide bonds. The normalized spacial score (nSPS) is 13.6. The van der Waals surface area contributed by atoms with Crippen LogP contribution in [0.1, 0.15) is 51.2 Å². The lowest BCUT2D eigenvalue weighted by Crippen LogP contribution is -2.17. The second kappa shape index (κ2) is 7.70. The van der Waals surface area contributed by atoms with Crippen LogP contribution < -0.4 is 0 Å². The predicted octanol–water partition coefficient (Wildman–Crippen LogP) is 4.54. The van der Waals surface area contributed by atoms with E-state index in [9.17, 15) is 9.59 Å². The number of ketones is 1. The van der Waals surface area contributed by atoms with Crippen molar-refractivity contribution in [3.8, 4) is 0 Å². The summed E-state index contributed by atoms with van der Waals surface area (Å²) in [5.41, 5.74) is 3.91. The van der Waals surface area contributed by atoms with Gasteiger partial charge in [0, 0.05) is 16.6 Å². The maximum atomic E-state index is 13.0. The summed E-state index contributed by atoms with van der Waals surface area (Å²) in [6.45, 7) is -0.256. The molecule has 1 aliphatic carbocycles. The number of Topliss-reactive ketones (excluding diaryl/α,β-unsaturated/α-hetero) is 1. The number of para-hydroxylation sites is 1. The number of carbonyl (C=O) groups is 2. The predicted molar refractivity (Wildman–Crippen MR) is 104 cm³/mol. The molecule has 1 aromatic heterocycles. The van der Waals surface area contributed by atoms with E-state index in [1.54, 1.807) is 24.3 Å². The molecular weight excluding hydrogens is 338 g/mol. The van der Waals surface area contributed by atoms with Crippen molar-refractivity contribution in [3.63, 3.8) is 0 Å². The summed E-state index contributed by atoms with van der Waals surface area (Å²) in [6.07, 6.45) is 4.96. The van der Waals surface area contributed by atoms with E-state index < -0.39 is 5.97 Å². The Labute approximate surface area is 158 Å². The van der Waals surface area contributed by atoms with Gasteiger partial charge in [0.1, 0.15) is 0 Å².